The molecule has 4 heteroatoms. The lowest BCUT2D eigenvalue weighted by molar-refractivity contribution is 0.0788. The van der Waals surface area contributed by atoms with Crippen LogP contribution in [0.15, 0.2) is 48.0 Å². The molecular formula is C15H14N2OS. The van der Waals surface area contributed by atoms with E-state index in [9.17, 15) is 4.79 Å². The number of rotatable bonds is 3. The molecule has 0 saturated carbocycles. The maximum atomic E-state index is 12.5. The Kier molecular flexibility index (Phi) is 3.09. The van der Waals surface area contributed by atoms with Gasteiger partial charge >= 0.3 is 0 Å². The predicted octanol–water partition coefficient (Wildman–Crippen LogP) is 3.50. The first-order valence-electron chi connectivity index (χ1n) is 6.09. The number of carbonyl (C=O) groups is 1. The quantitative estimate of drug-likeness (QED) is 0.777. The van der Waals surface area contributed by atoms with Crippen LogP contribution in [0.5, 0.6) is 0 Å². The van der Waals surface area contributed by atoms with Gasteiger partial charge in [-0.25, -0.2) is 0 Å². The molecule has 0 fully saturated rings. The van der Waals surface area contributed by atoms with Gasteiger partial charge in [0.05, 0.1) is 6.54 Å². The van der Waals surface area contributed by atoms with E-state index in [0.717, 1.165) is 16.5 Å². The number of H-pyrrole nitrogens is 1. The number of amides is 1. The van der Waals surface area contributed by atoms with Gasteiger partial charge in [-0.1, -0.05) is 12.1 Å². The van der Waals surface area contributed by atoms with Crippen molar-refractivity contribution >= 4 is 28.1 Å². The summed E-state index contributed by atoms with van der Waals surface area (Å²) in [6, 6.07) is 11.8. The third kappa shape index (κ3) is 2.27. The largest absolute Gasteiger partial charge is 0.361 e. The fourth-order valence-corrected chi connectivity index (χ4v) is 2.94. The maximum Gasteiger partial charge on any atom is 0.254 e. The molecule has 2 aromatic heterocycles. The Bertz CT molecular complexity index is 700. The highest BCUT2D eigenvalue weighted by Crippen LogP contribution is 2.20. The molecule has 19 heavy (non-hydrogen) atoms. The Balaban J connectivity index is 1.89. The van der Waals surface area contributed by atoms with E-state index in [1.165, 1.54) is 4.88 Å². The lowest BCUT2D eigenvalue weighted by Crippen LogP contribution is -2.25. The lowest BCUT2D eigenvalue weighted by Gasteiger charge is -2.16. The van der Waals surface area contributed by atoms with Crippen LogP contribution in [0, 0.1) is 0 Å². The van der Waals surface area contributed by atoms with Crippen molar-refractivity contribution in [2.24, 2.45) is 0 Å². The molecule has 1 amide bonds. The second kappa shape index (κ2) is 4.90. The zero-order valence-corrected chi connectivity index (χ0v) is 11.4. The van der Waals surface area contributed by atoms with Gasteiger partial charge in [-0.15, -0.1) is 11.3 Å². The van der Waals surface area contributed by atoms with Crippen LogP contribution in [0.1, 0.15) is 15.2 Å². The van der Waals surface area contributed by atoms with E-state index in [1.54, 1.807) is 16.2 Å². The van der Waals surface area contributed by atoms with Crippen LogP contribution >= 0.6 is 11.3 Å². The van der Waals surface area contributed by atoms with E-state index in [4.69, 9.17) is 0 Å². The van der Waals surface area contributed by atoms with Gasteiger partial charge < -0.3 is 9.88 Å². The minimum atomic E-state index is 0.0543. The molecular weight excluding hydrogens is 256 g/mol. The monoisotopic (exact) mass is 270 g/mol. The van der Waals surface area contributed by atoms with Crippen molar-refractivity contribution in [3.05, 3.63) is 58.4 Å². The molecule has 0 spiro atoms. The summed E-state index contributed by atoms with van der Waals surface area (Å²) in [5.74, 6) is 0.0543. The van der Waals surface area contributed by atoms with Gasteiger partial charge in [0.15, 0.2) is 0 Å². The topological polar surface area (TPSA) is 36.1 Å². The number of nitrogens with one attached hydrogen (secondary N) is 1. The Morgan fingerprint density at radius 3 is 2.95 bits per heavy atom. The van der Waals surface area contributed by atoms with E-state index in [-0.39, 0.29) is 5.91 Å². The lowest BCUT2D eigenvalue weighted by atomic mass is 10.1. The van der Waals surface area contributed by atoms with E-state index >= 15 is 0 Å². The summed E-state index contributed by atoms with van der Waals surface area (Å²) < 4.78 is 0. The number of hydrogen-bond donors (Lipinski definition) is 1. The molecule has 0 saturated heterocycles. The zero-order valence-electron chi connectivity index (χ0n) is 10.6. The SMILES string of the molecule is CN(Cc1cccs1)C(=O)c1cccc2[nH]ccc12. The van der Waals surface area contributed by atoms with Crippen LogP contribution in [-0.4, -0.2) is 22.8 Å². The first-order valence-corrected chi connectivity index (χ1v) is 6.97. The number of carbonyl (C=O) groups excluding carboxylic acids is 1. The summed E-state index contributed by atoms with van der Waals surface area (Å²) >= 11 is 1.67. The Hall–Kier alpha value is -2.07. The highest BCUT2D eigenvalue weighted by Gasteiger charge is 2.15. The smallest absolute Gasteiger partial charge is 0.254 e. The number of hydrogen-bond acceptors (Lipinski definition) is 2. The normalized spacial score (nSPS) is 10.8. The van der Waals surface area contributed by atoms with Crippen LogP contribution in [0.2, 0.25) is 0 Å². The summed E-state index contributed by atoms with van der Waals surface area (Å²) in [7, 11) is 1.84. The molecule has 1 aromatic carbocycles. The Morgan fingerprint density at radius 2 is 2.16 bits per heavy atom. The third-order valence-electron chi connectivity index (χ3n) is 3.15. The van der Waals surface area contributed by atoms with Crippen molar-refractivity contribution in [3.8, 4) is 0 Å². The standard InChI is InChI=1S/C15H14N2OS/c1-17(10-11-4-3-9-19-11)15(18)13-5-2-6-14-12(13)7-8-16-14/h2-9,16H,10H2,1H3. The van der Waals surface area contributed by atoms with Gasteiger partial charge in [0.25, 0.3) is 5.91 Å². The van der Waals surface area contributed by atoms with Gasteiger partial charge in [0.2, 0.25) is 0 Å². The summed E-state index contributed by atoms with van der Waals surface area (Å²) in [6.45, 7) is 0.650. The molecule has 3 rings (SSSR count). The van der Waals surface area contributed by atoms with Crippen molar-refractivity contribution < 1.29 is 4.79 Å². The van der Waals surface area contributed by atoms with Gasteiger partial charge in [-0.05, 0) is 29.6 Å². The first-order chi connectivity index (χ1) is 9.25. The average molecular weight is 270 g/mol. The number of aromatic nitrogens is 1. The van der Waals surface area contributed by atoms with E-state index in [2.05, 4.69) is 4.98 Å². The first kappa shape index (κ1) is 12.0. The molecule has 3 nitrogen and oxygen atoms in total. The van der Waals surface area contributed by atoms with Crippen molar-refractivity contribution in [2.75, 3.05) is 7.05 Å². The molecule has 0 radical (unpaired) electrons. The fourth-order valence-electron chi connectivity index (χ4n) is 2.19. The molecule has 0 aliphatic rings. The summed E-state index contributed by atoms with van der Waals surface area (Å²) in [5, 5.41) is 3.01. The highest BCUT2D eigenvalue weighted by molar-refractivity contribution is 7.09. The van der Waals surface area contributed by atoms with Crippen LogP contribution in [0.3, 0.4) is 0 Å². The number of aromatic amines is 1. The van der Waals surface area contributed by atoms with Crippen LogP contribution in [0.25, 0.3) is 10.9 Å². The van der Waals surface area contributed by atoms with Crippen molar-refractivity contribution in [3.63, 3.8) is 0 Å². The number of benzene rings is 1. The molecule has 0 atom stereocenters. The summed E-state index contributed by atoms with van der Waals surface area (Å²) in [6.07, 6.45) is 1.86. The van der Waals surface area contributed by atoms with E-state index in [0.29, 0.717) is 6.54 Å². The Morgan fingerprint density at radius 1 is 1.26 bits per heavy atom. The minimum Gasteiger partial charge on any atom is -0.361 e. The summed E-state index contributed by atoms with van der Waals surface area (Å²) in [5.41, 5.74) is 1.74. The van der Waals surface area contributed by atoms with Crippen LogP contribution < -0.4 is 0 Å². The third-order valence-corrected chi connectivity index (χ3v) is 4.01. The predicted molar refractivity (Wildman–Crippen MR) is 78.4 cm³/mol. The minimum absolute atomic E-state index is 0.0543. The average Bonchev–Trinajstić information content (AvgIpc) is 3.07. The summed E-state index contributed by atoms with van der Waals surface area (Å²) in [4.78, 5) is 18.6. The molecule has 96 valence electrons. The van der Waals surface area contributed by atoms with Gasteiger partial charge in [0.1, 0.15) is 0 Å². The molecule has 0 aliphatic carbocycles. The van der Waals surface area contributed by atoms with Crippen LogP contribution in [0.4, 0.5) is 0 Å². The second-order valence-electron chi connectivity index (χ2n) is 4.49. The van der Waals surface area contributed by atoms with Crippen molar-refractivity contribution in [1.29, 1.82) is 0 Å². The van der Waals surface area contributed by atoms with Crippen LogP contribution in [-0.2, 0) is 6.54 Å². The van der Waals surface area contributed by atoms with Gasteiger partial charge in [0, 0.05) is 34.6 Å². The number of thiophene rings is 1. The number of fused-ring (bicyclic) bond motifs is 1. The highest BCUT2D eigenvalue weighted by atomic mass is 32.1. The van der Waals surface area contributed by atoms with E-state index < -0.39 is 0 Å². The molecule has 1 N–H and O–H groups in total. The maximum absolute atomic E-state index is 12.5. The van der Waals surface area contributed by atoms with Gasteiger partial charge in [-0.3, -0.25) is 4.79 Å². The molecule has 2 heterocycles. The molecule has 0 aliphatic heterocycles. The molecule has 0 bridgehead atoms. The van der Waals surface area contributed by atoms with Gasteiger partial charge in [-0.2, -0.15) is 0 Å². The molecule has 0 unspecified atom stereocenters. The van der Waals surface area contributed by atoms with E-state index in [1.807, 2.05) is 55.0 Å². The number of nitrogens with zero attached hydrogens (tertiary/aromatic N) is 1. The second-order valence-corrected chi connectivity index (χ2v) is 5.52. The zero-order chi connectivity index (χ0) is 13.2. The van der Waals surface area contributed by atoms with Crippen molar-refractivity contribution in [1.82, 2.24) is 9.88 Å². The fraction of sp³-hybridized carbons (Fsp3) is 0.133. The molecule has 3 aromatic rings. The van der Waals surface area contributed by atoms with Crippen molar-refractivity contribution in [2.45, 2.75) is 6.54 Å². The Labute approximate surface area is 115 Å².